The van der Waals surface area contributed by atoms with Gasteiger partial charge in [0, 0.05) is 25.8 Å². The molecule has 3 N–H and O–H groups in total. The van der Waals surface area contributed by atoms with E-state index in [-0.39, 0.29) is 5.91 Å². The zero-order valence-corrected chi connectivity index (χ0v) is 10.2. The minimum Gasteiger partial charge on any atom is -0.350 e. The molecule has 0 saturated heterocycles. The molecule has 0 radical (unpaired) electrons. The number of amides is 1. The second-order valence-corrected chi connectivity index (χ2v) is 4.83. The van der Waals surface area contributed by atoms with Crippen molar-refractivity contribution in [2.75, 3.05) is 6.54 Å². The molecule has 0 aliphatic heterocycles. The Hall–Kier alpha value is -1.36. The lowest BCUT2D eigenvalue weighted by molar-refractivity contribution is 0.0933. The van der Waals surface area contributed by atoms with Gasteiger partial charge in [-0.2, -0.15) is 5.10 Å². The third-order valence-electron chi connectivity index (χ3n) is 3.50. The largest absolute Gasteiger partial charge is 0.350 e. The molecule has 1 aliphatic carbocycles. The standard InChI is InChI=1S/C12H20N4O/c1-16-11(6-7-15-16)12(17)14-8-9-2-4-10(13)5-3-9/h6-7,9-10H,2-5,8,13H2,1H3,(H,14,17). The fourth-order valence-corrected chi connectivity index (χ4v) is 2.32. The normalized spacial score (nSPS) is 24.6. The number of nitrogens with one attached hydrogen (secondary N) is 1. The third-order valence-corrected chi connectivity index (χ3v) is 3.50. The Morgan fingerprint density at radius 2 is 2.24 bits per heavy atom. The number of hydrogen-bond donors (Lipinski definition) is 2. The molecule has 1 aromatic rings. The molecule has 0 aromatic carbocycles. The number of aromatic nitrogens is 2. The molecule has 5 nitrogen and oxygen atoms in total. The summed E-state index contributed by atoms with van der Waals surface area (Å²) in [6.07, 6.45) is 6.02. The van der Waals surface area contributed by atoms with E-state index in [2.05, 4.69) is 10.4 Å². The second kappa shape index (κ2) is 5.31. The molecule has 94 valence electrons. The van der Waals surface area contributed by atoms with Gasteiger partial charge in [0.2, 0.25) is 0 Å². The summed E-state index contributed by atoms with van der Waals surface area (Å²) in [4.78, 5) is 11.8. The Morgan fingerprint density at radius 3 is 2.82 bits per heavy atom. The molecular formula is C12H20N4O. The first kappa shape index (κ1) is 12.1. The molecule has 1 aromatic heterocycles. The molecular weight excluding hydrogens is 216 g/mol. The zero-order valence-electron chi connectivity index (χ0n) is 10.2. The number of carbonyl (C=O) groups is 1. The molecule has 0 spiro atoms. The van der Waals surface area contributed by atoms with E-state index in [0.29, 0.717) is 17.7 Å². The van der Waals surface area contributed by atoms with E-state index in [1.54, 1.807) is 24.0 Å². The maximum Gasteiger partial charge on any atom is 0.269 e. The number of carbonyl (C=O) groups excluding carboxylic acids is 1. The average molecular weight is 236 g/mol. The predicted octanol–water partition coefficient (Wildman–Crippen LogP) is 0.667. The van der Waals surface area contributed by atoms with Crippen molar-refractivity contribution in [1.82, 2.24) is 15.1 Å². The van der Waals surface area contributed by atoms with Gasteiger partial charge >= 0.3 is 0 Å². The lowest BCUT2D eigenvalue weighted by Gasteiger charge is -2.26. The summed E-state index contributed by atoms with van der Waals surface area (Å²) in [6.45, 7) is 0.747. The smallest absolute Gasteiger partial charge is 0.269 e. The second-order valence-electron chi connectivity index (χ2n) is 4.83. The Balaban J connectivity index is 1.79. The van der Waals surface area contributed by atoms with Gasteiger partial charge in [0.05, 0.1) is 0 Å². The molecule has 0 unspecified atom stereocenters. The van der Waals surface area contributed by atoms with E-state index in [1.165, 1.54) is 0 Å². The highest BCUT2D eigenvalue weighted by atomic mass is 16.2. The first-order chi connectivity index (χ1) is 8.16. The van der Waals surface area contributed by atoms with Crippen molar-refractivity contribution in [3.63, 3.8) is 0 Å². The topological polar surface area (TPSA) is 72.9 Å². The van der Waals surface area contributed by atoms with Crippen molar-refractivity contribution in [2.24, 2.45) is 18.7 Å². The number of aryl methyl sites for hydroxylation is 1. The molecule has 1 saturated carbocycles. The van der Waals surface area contributed by atoms with Crippen LogP contribution in [0.25, 0.3) is 0 Å². The van der Waals surface area contributed by atoms with Crippen molar-refractivity contribution in [3.05, 3.63) is 18.0 Å². The summed E-state index contributed by atoms with van der Waals surface area (Å²) in [5.74, 6) is 0.534. The molecule has 0 bridgehead atoms. The van der Waals surface area contributed by atoms with Crippen molar-refractivity contribution in [3.8, 4) is 0 Å². The third kappa shape index (κ3) is 3.06. The summed E-state index contributed by atoms with van der Waals surface area (Å²) in [5.41, 5.74) is 6.46. The highest BCUT2D eigenvalue weighted by molar-refractivity contribution is 5.92. The minimum atomic E-state index is -0.0418. The minimum absolute atomic E-state index is 0.0418. The predicted molar refractivity (Wildman–Crippen MR) is 65.5 cm³/mol. The summed E-state index contributed by atoms with van der Waals surface area (Å²) < 4.78 is 1.59. The van der Waals surface area contributed by atoms with Gasteiger partial charge in [-0.25, -0.2) is 0 Å². The van der Waals surface area contributed by atoms with E-state index in [1.807, 2.05) is 0 Å². The van der Waals surface area contributed by atoms with Gasteiger partial charge in [-0.05, 0) is 37.7 Å². The van der Waals surface area contributed by atoms with E-state index in [9.17, 15) is 4.79 Å². The van der Waals surface area contributed by atoms with Crippen LogP contribution in [0, 0.1) is 5.92 Å². The highest BCUT2D eigenvalue weighted by Gasteiger charge is 2.19. The number of nitrogens with two attached hydrogens (primary N) is 1. The average Bonchev–Trinajstić information content (AvgIpc) is 2.74. The Bertz CT molecular complexity index is 380. The number of rotatable bonds is 3. The van der Waals surface area contributed by atoms with Gasteiger partial charge in [-0.15, -0.1) is 0 Å². The van der Waals surface area contributed by atoms with Crippen molar-refractivity contribution in [2.45, 2.75) is 31.7 Å². The Morgan fingerprint density at radius 1 is 1.53 bits per heavy atom. The number of hydrogen-bond acceptors (Lipinski definition) is 3. The van der Waals surface area contributed by atoms with Crippen LogP contribution in [-0.2, 0) is 7.05 Å². The van der Waals surface area contributed by atoms with Crippen LogP contribution < -0.4 is 11.1 Å². The van der Waals surface area contributed by atoms with Crippen LogP contribution in [0.5, 0.6) is 0 Å². The van der Waals surface area contributed by atoms with Gasteiger partial charge in [-0.3, -0.25) is 9.48 Å². The summed E-state index contributed by atoms with van der Waals surface area (Å²) >= 11 is 0. The fraction of sp³-hybridized carbons (Fsp3) is 0.667. The molecule has 0 atom stereocenters. The molecule has 1 aliphatic rings. The molecule has 2 rings (SSSR count). The molecule has 17 heavy (non-hydrogen) atoms. The van der Waals surface area contributed by atoms with E-state index in [0.717, 1.165) is 32.2 Å². The highest BCUT2D eigenvalue weighted by Crippen LogP contribution is 2.22. The summed E-state index contributed by atoms with van der Waals surface area (Å²) in [6, 6.07) is 2.09. The first-order valence-corrected chi connectivity index (χ1v) is 6.18. The number of nitrogens with zero attached hydrogens (tertiary/aromatic N) is 2. The summed E-state index contributed by atoms with van der Waals surface area (Å²) in [5, 5.41) is 6.95. The van der Waals surface area contributed by atoms with Crippen LogP contribution in [0.3, 0.4) is 0 Å². The van der Waals surface area contributed by atoms with Gasteiger partial charge in [0.1, 0.15) is 5.69 Å². The molecule has 1 amide bonds. The van der Waals surface area contributed by atoms with Gasteiger partial charge in [-0.1, -0.05) is 0 Å². The van der Waals surface area contributed by atoms with Crippen molar-refractivity contribution < 1.29 is 4.79 Å². The van der Waals surface area contributed by atoms with Crippen LogP contribution in [0.15, 0.2) is 12.3 Å². The van der Waals surface area contributed by atoms with Crippen LogP contribution in [-0.4, -0.2) is 28.3 Å². The van der Waals surface area contributed by atoms with Crippen LogP contribution in [0.4, 0.5) is 0 Å². The van der Waals surface area contributed by atoms with Crippen LogP contribution >= 0.6 is 0 Å². The maximum absolute atomic E-state index is 11.8. The molecule has 5 heteroatoms. The lowest BCUT2D eigenvalue weighted by atomic mass is 9.86. The van der Waals surface area contributed by atoms with Crippen molar-refractivity contribution >= 4 is 5.91 Å². The van der Waals surface area contributed by atoms with Crippen LogP contribution in [0.1, 0.15) is 36.2 Å². The van der Waals surface area contributed by atoms with E-state index < -0.39 is 0 Å². The Kier molecular flexibility index (Phi) is 3.78. The van der Waals surface area contributed by atoms with Gasteiger partial charge < -0.3 is 11.1 Å². The lowest BCUT2D eigenvalue weighted by Crippen LogP contribution is -2.34. The molecule has 1 heterocycles. The SMILES string of the molecule is Cn1nccc1C(=O)NCC1CCC(N)CC1. The van der Waals surface area contributed by atoms with Gasteiger partial charge in [0.15, 0.2) is 0 Å². The first-order valence-electron chi connectivity index (χ1n) is 6.18. The molecule has 1 fully saturated rings. The summed E-state index contributed by atoms with van der Waals surface area (Å²) in [7, 11) is 1.77. The van der Waals surface area contributed by atoms with Crippen molar-refractivity contribution in [1.29, 1.82) is 0 Å². The monoisotopic (exact) mass is 236 g/mol. The fourth-order valence-electron chi connectivity index (χ4n) is 2.32. The van der Waals surface area contributed by atoms with Crippen LogP contribution in [0.2, 0.25) is 0 Å². The quantitative estimate of drug-likeness (QED) is 0.810. The van der Waals surface area contributed by atoms with E-state index >= 15 is 0 Å². The van der Waals surface area contributed by atoms with Gasteiger partial charge in [0.25, 0.3) is 5.91 Å². The zero-order chi connectivity index (χ0) is 12.3. The maximum atomic E-state index is 11.8. The van der Waals surface area contributed by atoms with E-state index in [4.69, 9.17) is 5.73 Å². The Labute approximate surface area is 101 Å².